The smallest absolute Gasteiger partial charge is 0.304 e. The summed E-state index contributed by atoms with van der Waals surface area (Å²) in [5.74, 6) is -1.94. The first kappa shape index (κ1) is 26.5. The Morgan fingerprint density at radius 2 is 1.85 bits per heavy atom. The van der Waals surface area contributed by atoms with Gasteiger partial charge in [-0.25, -0.2) is 0 Å². The summed E-state index contributed by atoms with van der Waals surface area (Å²) in [6, 6.07) is 14.5. The molecule has 1 fully saturated rings. The SMILES string of the molecule is CCC(COCCOC)N1C(=O)[C@@H](CC(=O)O)C[C@H](c2cccc(Cl)c2)[C@H]1c1ccc(Cl)cc1. The van der Waals surface area contributed by atoms with Gasteiger partial charge in [-0.15, -0.1) is 0 Å². The molecule has 1 saturated heterocycles. The normalized spacial score (nSPS) is 21.5. The highest BCUT2D eigenvalue weighted by Crippen LogP contribution is 2.47. The van der Waals surface area contributed by atoms with Crippen LogP contribution in [0, 0.1) is 5.92 Å². The third-order valence-electron chi connectivity index (χ3n) is 6.34. The molecular weight excluding hydrogens is 477 g/mol. The van der Waals surface area contributed by atoms with Crippen LogP contribution in [0.25, 0.3) is 0 Å². The monoisotopic (exact) mass is 507 g/mol. The third-order valence-corrected chi connectivity index (χ3v) is 6.83. The molecule has 0 spiro atoms. The highest BCUT2D eigenvalue weighted by Gasteiger charge is 2.46. The van der Waals surface area contributed by atoms with Crippen LogP contribution in [0.5, 0.6) is 0 Å². The van der Waals surface area contributed by atoms with Crippen molar-refractivity contribution in [2.24, 2.45) is 5.92 Å². The second-order valence-electron chi connectivity index (χ2n) is 8.56. The zero-order chi connectivity index (χ0) is 24.7. The van der Waals surface area contributed by atoms with Crippen LogP contribution >= 0.6 is 23.2 Å². The van der Waals surface area contributed by atoms with Crippen molar-refractivity contribution in [1.29, 1.82) is 0 Å². The fourth-order valence-electron chi connectivity index (χ4n) is 4.73. The number of nitrogens with zero attached hydrogens (tertiary/aromatic N) is 1. The van der Waals surface area contributed by atoms with Gasteiger partial charge in [0.15, 0.2) is 0 Å². The van der Waals surface area contributed by atoms with E-state index in [0.717, 1.165) is 11.1 Å². The van der Waals surface area contributed by atoms with Crippen molar-refractivity contribution in [3.8, 4) is 0 Å². The summed E-state index contributed by atoms with van der Waals surface area (Å²) >= 11 is 12.5. The van der Waals surface area contributed by atoms with E-state index >= 15 is 0 Å². The van der Waals surface area contributed by atoms with Gasteiger partial charge in [0.2, 0.25) is 5.91 Å². The predicted molar refractivity (Wildman–Crippen MR) is 132 cm³/mol. The Bertz CT molecular complexity index is 968. The number of hydrogen-bond donors (Lipinski definition) is 1. The Labute approximate surface area is 210 Å². The molecule has 184 valence electrons. The van der Waals surface area contributed by atoms with Crippen LogP contribution in [0.3, 0.4) is 0 Å². The van der Waals surface area contributed by atoms with E-state index in [0.29, 0.717) is 42.7 Å². The molecule has 3 rings (SSSR count). The first-order valence-electron chi connectivity index (χ1n) is 11.5. The van der Waals surface area contributed by atoms with Crippen molar-refractivity contribution in [2.45, 2.75) is 44.2 Å². The number of carboxylic acids is 1. The summed E-state index contributed by atoms with van der Waals surface area (Å²) in [6.45, 7) is 3.21. The van der Waals surface area contributed by atoms with Gasteiger partial charge < -0.3 is 19.5 Å². The van der Waals surface area contributed by atoms with Crippen LogP contribution in [0.4, 0.5) is 0 Å². The molecule has 8 heteroatoms. The van der Waals surface area contributed by atoms with Crippen LogP contribution < -0.4 is 0 Å². The zero-order valence-corrected chi connectivity index (χ0v) is 21.0. The Balaban J connectivity index is 2.09. The maximum absolute atomic E-state index is 13.8. The largest absolute Gasteiger partial charge is 0.481 e. The summed E-state index contributed by atoms with van der Waals surface area (Å²) in [5.41, 5.74) is 1.90. The lowest BCUT2D eigenvalue weighted by Gasteiger charge is -2.48. The average Bonchev–Trinajstić information content (AvgIpc) is 2.81. The average molecular weight is 508 g/mol. The van der Waals surface area contributed by atoms with Gasteiger partial charge in [0.1, 0.15) is 0 Å². The van der Waals surface area contributed by atoms with E-state index in [4.69, 9.17) is 32.7 Å². The van der Waals surface area contributed by atoms with Gasteiger partial charge in [-0.1, -0.05) is 54.4 Å². The van der Waals surface area contributed by atoms with Crippen LogP contribution in [0.15, 0.2) is 48.5 Å². The van der Waals surface area contributed by atoms with Crippen LogP contribution in [0.1, 0.15) is 49.3 Å². The van der Waals surface area contributed by atoms with Gasteiger partial charge in [-0.2, -0.15) is 0 Å². The summed E-state index contributed by atoms with van der Waals surface area (Å²) in [7, 11) is 1.61. The molecule has 0 aliphatic carbocycles. The number of piperidine rings is 1. The maximum atomic E-state index is 13.8. The first-order valence-corrected chi connectivity index (χ1v) is 12.2. The van der Waals surface area contributed by atoms with Gasteiger partial charge in [0.05, 0.1) is 38.3 Å². The Kier molecular flexibility index (Phi) is 9.77. The Morgan fingerprint density at radius 3 is 2.47 bits per heavy atom. The predicted octanol–water partition coefficient (Wildman–Crippen LogP) is 5.58. The number of carbonyl (C=O) groups excluding carboxylic acids is 1. The number of amides is 1. The van der Waals surface area contributed by atoms with Crippen LogP contribution in [0.2, 0.25) is 10.0 Å². The lowest BCUT2D eigenvalue weighted by atomic mass is 9.74. The van der Waals surface area contributed by atoms with E-state index in [1.54, 1.807) is 13.2 Å². The lowest BCUT2D eigenvalue weighted by molar-refractivity contribution is -0.154. The van der Waals surface area contributed by atoms with Gasteiger partial charge in [-0.05, 0) is 48.2 Å². The fourth-order valence-corrected chi connectivity index (χ4v) is 5.06. The van der Waals surface area contributed by atoms with Gasteiger partial charge in [-0.3, -0.25) is 9.59 Å². The minimum absolute atomic E-state index is 0.144. The minimum Gasteiger partial charge on any atom is -0.481 e. The molecule has 1 heterocycles. The molecule has 4 atom stereocenters. The second-order valence-corrected chi connectivity index (χ2v) is 9.44. The van der Waals surface area contributed by atoms with Gasteiger partial charge in [0, 0.05) is 29.0 Å². The fraction of sp³-hybridized carbons (Fsp3) is 0.462. The van der Waals surface area contributed by atoms with Crippen molar-refractivity contribution in [1.82, 2.24) is 4.90 Å². The molecule has 0 saturated carbocycles. The molecule has 1 N–H and O–H groups in total. The summed E-state index contributed by atoms with van der Waals surface area (Å²) in [6.07, 6.45) is 0.849. The number of methoxy groups -OCH3 is 1. The number of aliphatic carboxylic acids is 1. The zero-order valence-electron chi connectivity index (χ0n) is 19.5. The highest BCUT2D eigenvalue weighted by atomic mass is 35.5. The standard InChI is InChI=1S/C26H31Cl2NO5/c1-3-22(16-34-12-11-33-2)29-25(17-7-9-20(27)10-8-17)23(18-5-4-6-21(28)13-18)14-19(26(29)32)15-24(30)31/h4-10,13,19,22-23,25H,3,11-12,14-16H2,1-2H3,(H,30,31)/t19-,22?,23-,25-/m1/s1. The number of hydrogen-bond acceptors (Lipinski definition) is 4. The number of carbonyl (C=O) groups is 2. The molecule has 0 bridgehead atoms. The van der Waals surface area contributed by atoms with Crippen molar-refractivity contribution in [3.05, 3.63) is 69.7 Å². The summed E-state index contributed by atoms with van der Waals surface area (Å²) in [4.78, 5) is 27.3. The first-order chi connectivity index (χ1) is 16.3. The minimum atomic E-state index is -0.988. The molecule has 0 radical (unpaired) electrons. The van der Waals surface area contributed by atoms with E-state index in [1.807, 2.05) is 54.3 Å². The third kappa shape index (κ3) is 6.51. The van der Waals surface area contributed by atoms with Crippen LogP contribution in [-0.2, 0) is 19.1 Å². The second kappa shape index (κ2) is 12.5. The van der Waals surface area contributed by atoms with Gasteiger partial charge >= 0.3 is 5.97 Å². The van der Waals surface area contributed by atoms with E-state index in [-0.39, 0.29) is 30.3 Å². The highest BCUT2D eigenvalue weighted by molar-refractivity contribution is 6.30. The van der Waals surface area contributed by atoms with Crippen LogP contribution in [-0.4, -0.2) is 54.9 Å². The number of rotatable bonds is 11. The van der Waals surface area contributed by atoms with Gasteiger partial charge in [0.25, 0.3) is 0 Å². The maximum Gasteiger partial charge on any atom is 0.304 e. The van der Waals surface area contributed by atoms with E-state index in [1.165, 1.54) is 0 Å². The topological polar surface area (TPSA) is 76.1 Å². The number of benzene rings is 2. The Hall–Kier alpha value is -2.12. The van der Waals surface area contributed by atoms with Crippen molar-refractivity contribution >= 4 is 35.1 Å². The molecule has 2 aromatic rings. The summed E-state index contributed by atoms with van der Waals surface area (Å²) in [5, 5.41) is 10.7. The van der Waals surface area contributed by atoms with Crippen molar-refractivity contribution < 1.29 is 24.2 Å². The number of likely N-dealkylation sites (tertiary alicyclic amines) is 1. The number of ether oxygens (including phenoxy) is 2. The van der Waals surface area contributed by atoms with Crippen molar-refractivity contribution in [3.63, 3.8) is 0 Å². The molecule has 0 aromatic heterocycles. The summed E-state index contributed by atoms with van der Waals surface area (Å²) < 4.78 is 10.9. The molecule has 1 aliphatic heterocycles. The van der Waals surface area contributed by atoms with Crippen molar-refractivity contribution in [2.75, 3.05) is 26.9 Å². The quantitative estimate of drug-likeness (QED) is 0.401. The number of halogens is 2. The molecule has 2 aromatic carbocycles. The molecule has 1 unspecified atom stereocenters. The molecule has 1 aliphatic rings. The Morgan fingerprint density at radius 1 is 1.12 bits per heavy atom. The number of carboxylic acid groups (broad SMARTS) is 1. The molecule has 1 amide bonds. The van der Waals surface area contributed by atoms with E-state index in [2.05, 4.69) is 0 Å². The van der Waals surface area contributed by atoms with E-state index < -0.39 is 11.9 Å². The molecule has 6 nitrogen and oxygen atoms in total. The lowest BCUT2D eigenvalue weighted by Crippen LogP contribution is -2.53. The molecule has 34 heavy (non-hydrogen) atoms. The molecular formula is C26H31Cl2NO5. The van der Waals surface area contributed by atoms with E-state index in [9.17, 15) is 14.7 Å².